The molecule has 1 aliphatic heterocycles. The smallest absolute Gasteiger partial charge is 0.234 e. The number of carbonyl (C=O) groups excluding carboxylic acids is 2. The zero-order chi connectivity index (χ0) is 18.6. The van der Waals surface area contributed by atoms with Gasteiger partial charge in [-0.05, 0) is 68.5 Å². The lowest BCUT2D eigenvalue weighted by atomic mass is 9.88. The van der Waals surface area contributed by atoms with Crippen molar-refractivity contribution in [2.75, 3.05) is 26.2 Å². The first-order valence-corrected chi connectivity index (χ1v) is 10.6. The van der Waals surface area contributed by atoms with Crippen molar-refractivity contribution in [2.24, 2.45) is 11.8 Å². The topological polar surface area (TPSA) is 61.4 Å². The van der Waals surface area contributed by atoms with Crippen LogP contribution in [0.1, 0.15) is 55.7 Å². The standard InChI is InChI=1S/C22H31N3O2/c26-21(24-20-9-3-6-17-5-1-2-8-19(17)20)15-25-12-4-7-18(14-25)22(27)23-13-16-10-11-16/h1-2,5,8,16,18,20H,3-4,6-7,9-15H2,(H,23,27)(H,24,26). The Balaban J connectivity index is 1.27. The second kappa shape index (κ2) is 8.42. The van der Waals surface area contributed by atoms with Crippen LogP contribution in [0.2, 0.25) is 0 Å². The molecule has 2 fully saturated rings. The molecule has 146 valence electrons. The predicted octanol–water partition coefficient (Wildman–Crippen LogP) is 2.42. The molecule has 4 rings (SSSR count). The molecule has 27 heavy (non-hydrogen) atoms. The van der Waals surface area contributed by atoms with E-state index in [1.807, 2.05) is 0 Å². The molecular formula is C22H31N3O2. The van der Waals surface area contributed by atoms with Crippen LogP contribution in [0.15, 0.2) is 24.3 Å². The van der Waals surface area contributed by atoms with E-state index in [0.717, 1.165) is 45.2 Å². The van der Waals surface area contributed by atoms with Crippen LogP contribution in [0.3, 0.4) is 0 Å². The first kappa shape index (κ1) is 18.5. The van der Waals surface area contributed by atoms with Gasteiger partial charge in [-0.3, -0.25) is 14.5 Å². The summed E-state index contributed by atoms with van der Waals surface area (Å²) in [6.45, 7) is 2.83. The van der Waals surface area contributed by atoms with E-state index in [1.165, 1.54) is 24.0 Å². The summed E-state index contributed by atoms with van der Waals surface area (Å²) in [5.74, 6) is 0.988. The van der Waals surface area contributed by atoms with Crippen molar-refractivity contribution in [3.63, 3.8) is 0 Å². The minimum Gasteiger partial charge on any atom is -0.356 e. The Morgan fingerprint density at radius 1 is 1.07 bits per heavy atom. The number of fused-ring (bicyclic) bond motifs is 1. The van der Waals surface area contributed by atoms with Crippen LogP contribution < -0.4 is 10.6 Å². The molecule has 1 aromatic carbocycles. The maximum atomic E-state index is 12.6. The molecule has 3 aliphatic rings. The zero-order valence-corrected chi connectivity index (χ0v) is 16.1. The van der Waals surface area contributed by atoms with Gasteiger partial charge in [-0.25, -0.2) is 0 Å². The number of amides is 2. The Hall–Kier alpha value is -1.88. The highest BCUT2D eigenvalue weighted by molar-refractivity contribution is 5.80. The number of carbonyl (C=O) groups is 2. The Kier molecular flexibility index (Phi) is 5.77. The van der Waals surface area contributed by atoms with Crippen LogP contribution >= 0.6 is 0 Å². The summed E-state index contributed by atoms with van der Waals surface area (Å²) >= 11 is 0. The maximum Gasteiger partial charge on any atom is 0.234 e. The van der Waals surface area contributed by atoms with E-state index in [1.54, 1.807) is 0 Å². The van der Waals surface area contributed by atoms with Gasteiger partial charge < -0.3 is 10.6 Å². The van der Waals surface area contributed by atoms with E-state index in [0.29, 0.717) is 19.0 Å². The summed E-state index contributed by atoms with van der Waals surface area (Å²) in [5.41, 5.74) is 2.63. The van der Waals surface area contributed by atoms with Crippen molar-refractivity contribution in [1.82, 2.24) is 15.5 Å². The van der Waals surface area contributed by atoms with Gasteiger partial charge in [-0.2, -0.15) is 0 Å². The largest absolute Gasteiger partial charge is 0.356 e. The molecule has 2 amide bonds. The average Bonchev–Trinajstić information content (AvgIpc) is 3.51. The third-order valence-corrected chi connectivity index (χ3v) is 6.21. The monoisotopic (exact) mass is 369 g/mol. The quantitative estimate of drug-likeness (QED) is 0.810. The highest BCUT2D eigenvalue weighted by Crippen LogP contribution is 2.29. The number of hydrogen-bond acceptors (Lipinski definition) is 3. The van der Waals surface area contributed by atoms with Gasteiger partial charge in [0.25, 0.3) is 0 Å². The summed E-state index contributed by atoms with van der Waals surface area (Å²) < 4.78 is 0. The van der Waals surface area contributed by atoms with Crippen LogP contribution in [0.4, 0.5) is 0 Å². The maximum absolute atomic E-state index is 12.6. The van der Waals surface area contributed by atoms with E-state index in [2.05, 4.69) is 39.8 Å². The van der Waals surface area contributed by atoms with Crippen LogP contribution in [0, 0.1) is 11.8 Å². The normalized spacial score (nSPS) is 25.5. The van der Waals surface area contributed by atoms with Crippen molar-refractivity contribution in [1.29, 1.82) is 0 Å². The third kappa shape index (κ3) is 4.89. The fraction of sp³-hybridized carbons (Fsp3) is 0.636. The first-order valence-electron chi connectivity index (χ1n) is 10.6. The molecule has 2 atom stereocenters. The lowest BCUT2D eigenvalue weighted by Gasteiger charge is -2.32. The molecular weight excluding hydrogens is 338 g/mol. The van der Waals surface area contributed by atoms with E-state index in [4.69, 9.17) is 0 Å². The number of likely N-dealkylation sites (tertiary alicyclic amines) is 1. The van der Waals surface area contributed by atoms with Crippen molar-refractivity contribution in [3.8, 4) is 0 Å². The highest BCUT2D eigenvalue weighted by Gasteiger charge is 2.29. The average molecular weight is 370 g/mol. The molecule has 2 unspecified atom stereocenters. The van der Waals surface area contributed by atoms with Crippen molar-refractivity contribution in [3.05, 3.63) is 35.4 Å². The fourth-order valence-corrected chi connectivity index (χ4v) is 4.47. The summed E-state index contributed by atoms with van der Waals surface area (Å²) in [4.78, 5) is 27.2. The van der Waals surface area contributed by atoms with Gasteiger partial charge in [0.05, 0.1) is 18.5 Å². The summed E-state index contributed by atoms with van der Waals surface area (Å²) in [7, 11) is 0. The van der Waals surface area contributed by atoms with Crippen LogP contribution in [-0.4, -0.2) is 42.9 Å². The second-order valence-corrected chi connectivity index (χ2v) is 8.47. The Labute approximate surface area is 161 Å². The number of aryl methyl sites for hydroxylation is 1. The number of rotatable bonds is 6. The number of hydrogen-bond donors (Lipinski definition) is 2. The van der Waals surface area contributed by atoms with Gasteiger partial charge in [0.15, 0.2) is 0 Å². The number of benzene rings is 1. The van der Waals surface area contributed by atoms with Crippen LogP contribution in [0.25, 0.3) is 0 Å². The molecule has 2 aliphatic carbocycles. The fourth-order valence-electron chi connectivity index (χ4n) is 4.47. The molecule has 1 saturated heterocycles. The number of nitrogens with zero attached hydrogens (tertiary/aromatic N) is 1. The SMILES string of the molecule is O=C(CN1CCCC(C(=O)NCC2CC2)C1)NC1CCCc2ccccc21. The van der Waals surface area contributed by atoms with Crippen LogP contribution in [0.5, 0.6) is 0 Å². The van der Waals surface area contributed by atoms with Crippen molar-refractivity contribution in [2.45, 2.75) is 51.0 Å². The molecule has 0 aromatic heterocycles. The Bertz CT molecular complexity index is 686. The van der Waals surface area contributed by atoms with Crippen molar-refractivity contribution >= 4 is 11.8 Å². The van der Waals surface area contributed by atoms with E-state index < -0.39 is 0 Å². The Morgan fingerprint density at radius 3 is 2.78 bits per heavy atom. The third-order valence-electron chi connectivity index (χ3n) is 6.21. The molecule has 1 heterocycles. The first-order chi connectivity index (χ1) is 13.2. The van der Waals surface area contributed by atoms with Gasteiger partial charge >= 0.3 is 0 Å². The molecule has 0 bridgehead atoms. The zero-order valence-electron chi connectivity index (χ0n) is 16.1. The summed E-state index contributed by atoms with van der Waals surface area (Å²) in [6.07, 6.45) is 7.66. The van der Waals surface area contributed by atoms with E-state index >= 15 is 0 Å². The minimum absolute atomic E-state index is 0.0284. The molecule has 5 nitrogen and oxygen atoms in total. The molecule has 0 spiro atoms. The van der Waals surface area contributed by atoms with Gasteiger partial charge in [-0.1, -0.05) is 24.3 Å². The van der Waals surface area contributed by atoms with Gasteiger partial charge in [0, 0.05) is 13.1 Å². The number of nitrogens with one attached hydrogen (secondary N) is 2. The highest BCUT2D eigenvalue weighted by atomic mass is 16.2. The second-order valence-electron chi connectivity index (χ2n) is 8.47. The van der Waals surface area contributed by atoms with E-state index in [-0.39, 0.29) is 23.8 Å². The predicted molar refractivity (Wildman–Crippen MR) is 105 cm³/mol. The van der Waals surface area contributed by atoms with Gasteiger partial charge in [0.1, 0.15) is 0 Å². The number of piperidine rings is 1. The van der Waals surface area contributed by atoms with E-state index in [9.17, 15) is 9.59 Å². The lowest BCUT2D eigenvalue weighted by Crippen LogP contribution is -2.47. The summed E-state index contributed by atoms with van der Waals surface area (Å²) in [6, 6.07) is 8.57. The lowest BCUT2D eigenvalue weighted by molar-refractivity contribution is -0.129. The molecule has 5 heteroatoms. The minimum atomic E-state index is 0.0284. The van der Waals surface area contributed by atoms with Crippen LogP contribution in [-0.2, 0) is 16.0 Å². The summed E-state index contributed by atoms with van der Waals surface area (Å²) in [5, 5.41) is 6.33. The van der Waals surface area contributed by atoms with Gasteiger partial charge in [0.2, 0.25) is 11.8 Å². The Morgan fingerprint density at radius 2 is 1.93 bits per heavy atom. The molecule has 1 saturated carbocycles. The van der Waals surface area contributed by atoms with Crippen molar-refractivity contribution < 1.29 is 9.59 Å². The molecule has 2 N–H and O–H groups in total. The van der Waals surface area contributed by atoms with Gasteiger partial charge in [-0.15, -0.1) is 0 Å². The molecule has 0 radical (unpaired) electrons. The molecule has 1 aromatic rings.